The van der Waals surface area contributed by atoms with Crippen molar-refractivity contribution in [1.82, 2.24) is 10.2 Å². The van der Waals surface area contributed by atoms with Crippen LogP contribution in [0.4, 0.5) is 5.69 Å². The van der Waals surface area contributed by atoms with Gasteiger partial charge in [0.25, 0.3) is 0 Å². The largest absolute Gasteiger partial charge is 0.352 e. The smallest absolute Gasteiger partial charge is 0.244 e. The molecule has 0 fully saturated rings. The molecular weight excluding hydrogens is 569 g/mol. The van der Waals surface area contributed by atoms with Crippen LogP contribution in [-0.4, -0.2) is 50.0 Å². The van der Waals surface area contributed by atoms with E-state index >= 15 is 0 Å². The van der Waals surface area contributed by atoms with Gasteiger partial charge >= 0.3 is 0 Å². The Bertz CT molecular complexity index is 1420. The van der Waals surface area contributed by atoms with E-state index in [0.29, 0.717) is 0 Å². The van der Waals surface area contributed by atoms with E-state index in [-0.39, 0.29) is 40.6 Å². The molecule has 2 amide bonds. The predicted molar refractivity (Wildman–Crippen MR) is 162 cm³/mol. The predicted octanol–water partition coefficient (Wildman–Crippen LogP) is 5.62. The molecular formula is C30H35Cl2N3O4S. The summed E-state index contributed by atoms with van der Waals surface area (Å²) in [5, 5.41) is 3.43. The van der Waals surface area contributed by atoms with Gasteiger partial charge in [-0.3, -0.25) is 13.9 Å². The van der Waals surface area contributed by atoms with Gasteiger partial charge in [0.1, 0.15) is 12.6 Å². The van der Waals surface area contributed by atoms with E-state index in [1.165, 1.54) is 23.1 Å². The number of nitrogens with one attached hydrogen (secondary N) is 1. The zero-order chi connectivity index (χ0) is 29.4. The maximum atomic E-state index is 14.1. The molecule has 0 aliphatic carbocycles. The number of nitrogens with zero attached hydrogens (tertiary/aromatic N) is 2. The van der Waals surface area contributed by atoms with Crippen molar-refractivity contribution in [3.05, 3.63) is 99.5 Å². The lowest BCUT2D eigenvalue weighted by Gasteiger charge is -2.34. The molecule has 214 valence electrons. The molecule has 0 saturated heterocycles. The Balaban J connectivity index is 2.06. The van der Waals surface area contributed by atoms with Gasteiger partial charge < -0.3 is 10.2 Å². The molecule has 0 aliphatic rings. The molecule has 3 rings (SSSR count). The Kier molecular flexibility index (Phi) is 11.0. The van der Waals surface area contributed by atoms with Crippen molar-refractivity contribution in [2.45, 2.75) is 52.2 Å². The van der Waals surface area contributed by atoms with Crippen molar-refractivity contribution in [2.75, 3.05) is 17.1 Å². The van der Waals surface area contributed by atoms with Gasteiger partial charge in [-0.2, -0.15) is 0 Å². The number of carbonyl (C=O) groups excluding carboxylic acids is 2. The van der Waals surface area contributed by atoms with Crippen molar-refractivity contribution in [1.29, 1.82) is 0 Å². The third-order valence-electron chi connectivity index (χ3n) is 6.62. The number of hydrogen-bond acceptors (Lipinski definition) is 4. The van der Waals surface area contributed by atoms with E-state index in [2.05, 4.69) is 5.32 Å². The summed E-state index contributed by atoms with van der Waals surface area (Å²) in [5.41, 5.74) is 2.94. The monoisotopic (exact) mass is 603 g/mol. The summed E-state index contributed by atoms with van der Waals surface area (Å²) in [6.45, 7) is 5.42. The first-order valence-corrected chi connectivity index (χ1v) is 15.6. The van der Waals surface area contributed by atoms with Crippen LogP contribution in [0.5, 0.6) is 0 Å². The van der Waals surface area contributed by atoms with Crippen LogP contribution in [0.15, 0.2) is 72.8 Å². The summed E-state index contributed by atoms with van der Waals surface area (Å²) in [7, 11) is -3.90. The molecule has 1 N–H and O–H groups in total. The van der Waals surface area contributed by atoms with Gasteiger partial charge in [-0.05, 0) is 49.6 Å². The van der Waals surface area contributed by atoms with E-state index in [1.807, 2.05) is 75.4 Å². The number of aryl methyl sites for hydroxylation is 1. The number of rotatable bonds is 12. The van der Waals surface area contributed by atoms with Gasteiger partial charge in [0.15, 0.2) is 0 Å². The summed E-state index contributed by atoms with van der Waals surface area (Å²) in [6.07, 6.45) is 1.99. The molecule has 2 unspecified atom stereocenters. The Morgan fingerprint density at radius 2 is 1.57 bits per heavy atom. The fourth-order valence-electron chi connectivity index (χ4n) is 4.14. The fourth-order valence-corrected chi connectivity index (χ4v) is 5.27. The van der Waals surface area contributed by atoms with Crippen molar-refractivity contribution in [2.24, 2.45) is 0 Å². The van der Waals surface area contributed by atoms with Crippen LogP contribution in [0.2, 0.25) is 10.0 Å². The Hall–Kier alpha value is -3.07. The first-order chi connectivity index (χ1) is 18.9. The van der Waals surface area contributed by atoms with E-state index < -0.39 is 28.5 Å². The number of hydrogen-bond donors (Lipinski definition) is 1. The van der Waals surface area contributed by atoms with E-state index in [1.54, 1.807) is 0 Å². The fraction of sp³-hybridized carbons (Fsp3) is 0.333. The lowest BCUT2D eigenvalue weighted by Crippen LogP contribution is -2.54. The summed E-state index contributed by atoms with van der Waals surface area (Å²) in [5.74, 6) is -0.837. The molecule has 0 saturated carbocycles. The van der Waals surface area contributed by atoms with Crippen LogP contribution in [0.25, 0.3) is 0 Å². The molecule has 0 aromatic heterocycles. The number of halogens is 2. The molecule has 10 heteroatoms. The summed E-state index contributed by atoms with van der Waals surface area (Å²) < 4.78 is 26.7. The van der Waals surface area contributed by atoms with Gasteiger partial charge in [0.2, 0.25) is 21.8 Å². The third kappa shape index (κ3) is 8.71. The summed E-state index contributed by atoms with van der Waals surface area (Å²) >= 11 is 12.2. The number of sulfonamides is 1. The number of benzene rings is 3. The normalized spacial score (nSPS) is 12.8. The zero-order valence-electron chi connectivity index (χ0n) is 23.1. The minimum Gasteiger partial charge on any atom is -0.352 e. The maximum absolute atomic E-state index is 14.1. The molecule has 7 nitrogen and oxygen atoms in total. The molecule has 0 radical (unpaired) electrons. The summed E-state index contributed by atoms with van der Waals surface area (Å²) in [6, 6.07) is 20.5. The highest BCUT2D eigenvalue weighted by molar-refractivity contribution is 7.92. The molecule has 0 aliphatic heterocycles. The quantitative estimate of drug-likeness (QED) is 0.291. The maximum Gasteiger partial charge on any atom is 0.244 e. The minimum absolute atomic E-state index is 0.106. The average Bonchev–Trinajstić information content (AvgIpc) is 2.91. The molecule has 3 aromatic carbocycles. The molecule has 2 atom stereocenters. The first-order valence-electron chi connectivity index (χ1n) is 13.0. The average molecular weight is 605 g/mol. The number of carbonyl (C=O) groups is 2. The van der Waals surface area contributed by atoms with Crippen LogP contribution in [0.3, 0.4) is 0 Å². The summed E-state index contributed by atoms with van der Waals surface area (Å²) in [4.78, 5) is 29.2. The van der Waals surface area contributed by atoms with Crippen LogP contribution in [0.1, 0.15) is 37.0 Å². The Labute approximate surface area is 247 Å². The molecule has 0 heterocycles. The van der Waals surface area contributed by atoms with Crippen LogP contribution in [0, 0.1) is 6.92 Å². The molecule has 0 spiro atoms. The van der Waals surface area contributed by atoms with Crippen LogP contribution >= 0.6 is 23.2 Å². The second-order valence-electron chi connectivity index (χ2n) is 9.90. The molecule has 40 heavy (non-hydrogen) atoms. The highest BCUT2D eigenvalue weighted by atomic mass is 35.5. The first kappa shape index (κ1) is 31.5. The van der Waals surface area contributed by atoms with Crippen molar-refractivity contribution in [3.63, 3.8) is 0 Å². The molecule has 3 aromatic rings. The Morgan fingerprint density at radius 1 is 0.925 bits per heavy atom. The second-order valence-corrected chi connectivity index (χ2v) is 12.6. The third-order valence-corrected chi connectivity index (χ3v) is 8.50. The number of anilines is 1. The van der Waals surface area contributed by atoms with E-state index in [4.69, 9.17) is 23.2 Å². The molecule has 0 bridgehead atoms. The van der Waals surface area contributed by atoms with E-state index in [9.17, 15) is 18.0 Å². The van der Waals surface area contributed by atoms with Gasteiger partial charge in [-0.1, -0.05) is 90.3 Å². The van der Waals surface area contributed by atoms with Crippen molar-refractivity contribution in [3.8, 4) is 0 Å². The SMILES string of the molecule is CCC(C)NC(=O)C(Cc1ccccc1)N(Cc1ccc(C)cc1)C(=O)CN(c1ccc(Cl)c(Cl)c1)S(C)(=O)=O. The second kappa shape index (κ2) is 14.0. The van der Waals surface area contributed by atoms with E-state index in [0.717, 1.165) is 33.7 Å². The highest BCUT2D eigenvalue weighted by Gasteiger charge is 2.33. The van der Waals surface area contributed by atoms with Crippen molar-refractivity contribution >= 4 is 50.7 Å². The van der Waals surface area contributed by atoms with Crippen LogP contribution in [-0.2, 0) is 32.6 Å². The van der Waals surface area contributed by atoms with Gasteiger partial charge in [0, 0.05) is 19.0 Å². The van der Waals surface area contributed by atoms with Gasteiger partial charge in [-0.25, -0.2) is 8.42 Å². The van der Waals surface area contributed by atoms with Crippen LogP contribution < -0.4 is 9.62 Å². The highest BCUT2D eigenvalue weighted by Crippen LogP contribution is 2.29. The number of amides is 2. The van der Waals surface area contributed by atoms with Gasteiger partial charge in [-0.15, -0.1) is 0 Å². The zero-order valence-corrected chi connectivity index (χ0v) is 25.4. The van der Waals surface area contributed by atoms with Crippen molar-refractivity contribution < 1.29 is 18.0 Å². The standard InChI is InChI=1S/C30H35Cl2N3O4S/c1-5-22(3)33-30(37)28(17-23-9-7-6-8-10-23)34(19-24-13-11-21(2)12-14-24)29(36)20-35(40(4,38)39)25-15-16-26(31)27(32)18-25/h6-16,18,22,28H,5,17,19-20H2,1-4H3,(H,33,37). The minimum atomic E-state index is -3.90. The van der Waals surface area contributed by atoms with Gasteiger partial charge in [0.05, 0.1) is 22.0 Å². The topological polar surface area (TPSA) is 86.8 Å². The Morgan fingerprint density at radius 3 is 2.15 bits per heavy atom. The lowest BCUT2D eigenvalue weighted by atomic mass is 10.0. The lowest BCUT2D eigenvalue weighted by molar-refractivity contribution is -0.140.